The van der Waals surface area contributed by atoms with Gasteiger partial charge in [-0.1, -0.05) is 30.3 Å². The Balaban J connectivity index is 1.51. The Bertz CT molecular complexity index is 569. The van der Waals surface area contributed by atoms with E-state index in [-0.39, 0.29) is 11.6 Å². The molecular weight excluding hydrogens is 321 g/mol. The summed E-state index contributed by atoms with van der Waals surface area (Å²) in [6.45, 7) is 0.889. The highest BCUT2D eigenvalue weighted by molar-refractivity contribution is 5.76. The zero-order valence-corrected chi connectivity index (χ0v) is 13.3. The van der Waals surface area contributed by atoms with Crippen LogP contribution in [0.5, 0.6) is 0 Å². The third-order valence-corrected chi connectivity index (χ3v) is 4.85. The van der Waals surface area contributed by atoms with Gasteiger partial charge in [0.15, 0.2) is 0 Å². The summed E-state index contributed by atoms with van der Waals surface area (Å²) in [6, 6.07) is 10.1. The van der Waals surface area contributed by atoms with Gasteiger partial charge in [0, 0.05) is 25.9 Å². The molecule has 24 heavy (non-hydrogen) atoms. The maximum Gasteiger partial charge on any atom is 0.389 e. The lowest BCUT2D eigenvalue weighted by Gasteiger charge is -2.37. The fraction of sp³-hybridized carbons (Fsp3) is 0.588. The number of carbonyl (C=O) groups is 1. The van der Waals surface area contributed by atoms with Crippen molar-refractivity contribution in [3.8, 4) is 0 Å². The Kier molecular flexibility index (Phi) is 4.83. The van der Waals surface area contributed by atoms with E-state index >= 15 is 0 Å². The summed E-state index contributed by atoms with van der Waals surface area (Å²) in [4.78, 5) is 19.3. The number of hydrogen-bond acceptors (Lipinski definition) is 3. The molecule has 2 aliphatic rings. The molecule has 0 radical (unpaired) electrons. The second kappa shape index (κ2) is 6.72. The second-order valence-corrected chi connectivity index (χ2v) is 6.57. The summed E-state index contributed by atoms with van der Waals surface area (Å²) in [5, 5.41) is 0. The Morgan fingerprint density at radius 1 is 1.25 bits per heavy atom. The molecule has 1 aromatic carbocycles. The topological polar surface area (TPSA) is 41.6 Å². The van der Waals surface area contributed by atoms with Gasteiger partial charge in [-0.3, -0.25) is 9.63 Å². The highest BCUT2D eigenvalue weighted by Gasteiger charge is 2.44. The third-order valence-electron chi connectivity index (χ3n) is 4.85. The number of rotatable bonds is 3. The first-order valence-electron chi connectivity index (χ1n) is 8.20. The van der Waals surface area contributed by atoms with E-state index in [0.717, 1.165) is 12.0 Å². The van der Waals surface area contributed by atoms with Crippen LogP contribution in [0.4, 0.5) is 13.2 Å². The standard InChI is InChI=1S/C17H21F3N2O2/c18-17(19,20)7-6-15(23)22-10-8-16(9-11-22)12-14(21-24-16)13-4-2-1-3-5-13/h1-5,14,21H,6-12H2. The van der Waals surface area contributed by atoms with Gasteiger partial charge in [0.05, 0.1) is 18.1 Å². The van der Waals surface area contributed by atoms with Crippen molar-refractivity contribution in [1.29, 1.82) is 0 Å². The summed E-state index contributed by atoms with van der Waals surface area (Å²) in [7, 11) is 0. The molecule has 1 atom stereocenters. The van der Waals surface area contributed by atoms with Crippen LogP contribution in [0.15, 0.2) is 30.3 Å². The molecule has 0 aliphatic carbocycles. The monoisotopic (exact) mass is 342 g/mol. The van der Waals surface area contributed by atoms with E-state index in [2.05, 4.69) is 5.48 Å². The highest BCUT2D eigenvalue weighted by Crippen LogP contribution is 2.40. The maximum atomic E-state index is 12.2. The predicted octanol–water partition coefficient (Wildman–Crippen LogP) is 3.36. The fourth-order valence-electron chi connectivity index (χ4n) is 3.40. The van der Waals surface area contributed by atoms with E-state index in [1.165, 1.54) is 4.90 Å². The number of hydroxylamine groups is 1. The van der Waals surface area contributed by atoms with Crippen molar-refractivity contribution in [1.82, 2.24) is 10.4 Å². The molecule has 1 amide bonds. The molecule has 1 aromatic rings. The first-order chi connectivity index (χ1) is 11.4. The molecule has 1 N–H and O–H groups in total. The smallest absolute Gasteiger partial charge is 0.342 e. The molecule has 2 aliphatic heterocycles. The summed E-state index contributed by atoms with van der Waals surface area (Å²) >= 11 is 0. The minimum atomic E-state index is -4.28. The second-order valence-electron chi connectivity index (χ2n) is 6.57. The Hall–Kier alpha value is -1.60. The number of amides is 1. The van der Waals surface area contributed by atoms with Crippen molar-refractivity contribution in [2.45, 2.75) is 49.9 Å². The molecular formula is C17H21F3N2O2. The third kappa shape index (κ3) is 4.08. The van der Waals surface area contributed by atoms with Crippen molar-refractivity contribution < 1.29 is 22.8 Å². The van der Waals surface area contributed by atoms with Crippen LogP contribution in [0.2, 0.25) is 0 Å². The number of halogens is 3. The van der Waals surface area contributed by atoms with E-state index < -0.39 is 24.9 Å². The average molecular weight is 342 g/mol. The number of benzene rings is 1. The van der Waals surface area contributed by atoms with Crippen LogP contribution in [0.3, 0.4) is 0 Å². The largest absolute Gasteiger partial charge is 0.389 e. The van der Waals surface area contributed by atoms with Gasteiger partial charge in [-0.2, -0.15) is 18.7 Å². The average Bonchev–Trinajstić information content (AvgIpc) is 2.97. The highest BCUT2D eigenvalue weighted by atomic mass is 19.4. The molecule has 0 saturated carbocycles. The van der Waals surface area contributed by atoms with Crippen LogP contribution in [-0.2, 0) is 9.63 Å². The lowest BCUT2D eigenvalue weighted by molar-refractivity contribution is -0.152. The molecule has 2 heterocycles. The molecule has 0 bridgehead atoms. The molecule has 7 heteroatoms. The summed E-state index contributed by atoms with van der Waals surface area (Å²) in [5.74, 6) is -0.423. The lowest BCUT2D eigenvalue weighted by Crippen LogP contribution is -2.47. The Morgan fingerprint density at radius 3 is 2.54 bits per heavy atom. The number of carbonyl (C=O) groups excluding carboxylic acids is 1. The molecule has 0 aromatic heterocycles. The van der Waals surface area contributed by atoms with Crippen LogP contribution in [-0.4, -0.2) is 35.7 Å². The minimum absolute atomic E-state index is 0.110. The summed E-state index contributed by atoms with van der Waals surface area (Å²) < 4.78 is 36.7. The summed E-state index contributed by atoms with van der Waals surface area (Å²) in [6.07, 6.45) is -3.72. The number of likely N-dealkylation sites (tertiary alicyclic amines) is 1. The van der Waals surface area contributed by atoms with Gasteiger partial charge in [-0.25, -0.2) is 0 Å². The minimum Gasteiger partial charge on any atom is -0.342 e. The molecule has 2 fully saturated rings. The van der Waals surface area contributed by atoms with Gasteiger partial charge in [-0.05, 0) is 18.4 Å². The zero-order valence-electron chi connectivity index (χ0n) is 13.3. The SMILES string of the molecule is O=C(CCC(F)(F)F)N1CCC2(CC1)CC(c1ccccc1)NO2. The molecule has 3 rings (SSSR count). The van der Waals surface area contributed by atoms with Gasteiger partial charge in [0.1, 0.15) is 0 Å². The molecule has 2 saturated heterocycles. The van der Waals surface area contributed by atoms with Crippen LogP contribution in [0.25, 0.3) is 0 Å². The summed E-state index contributed by atoms with van der Waals surface area (Å²) in [5.41, 5.74) is 3.89. The van der Waals surface area contributed by atoms with E-state index in [9.17, 15) is 18.0 Å². The van der Waals surface area contributed by atoms with Crippen molar-refractivity contribution in [3.05, 3.63) is 35.9 Å². The van der Waals surface area contributed by atoms with E-state index in [1.54, 1.807) is 0 Å². The van der Waals surface area contributed by atoms with Crippen molar-refractivity contribution in [2.75, 3.05) is 13.1 Å². The molecule has 1 spiro atoms. The lowest BCUT2D eigenvalue weighted by atomic mass is 9.84. The van der Waals surface area contributed by atoms with Gasteiger partial charge in [0.25, 0.3) is 0 Å². The van der Waals surface area contributed by atoms with Crippen LogP contribution in [0.1, 0.15) is 43.7 Å². The predicted molar refractivity (Wildman–Crippen MR) is 81.9 cm³/mol. The van der Waals surface area contributed by atoms with Gasteiger partial charge in [0.2, 0.25) is 5.91 Å². The van der Waals surface area contributed by atoms with Gasteiger partial charge < -0.3 is 4.90 Å². The number of alkyl halides is 3. The number of nitrogens with one attached hydrogen (secondary N) is 1. The number of hydrogen-bond donors (Lipinski definition) is 1. The molecule has 4 nitrogen and oxygen atoms in total. The van der Waals surface area contributed by atoms with Crippen LogP contribution < -0.4 is 5.48 Å². The maximum absolute atomic E-state index is 12.2. The number of nitrogens with zero attached hydrogens (tertiary/aromatic N) is 1. The van der Waals surface area contributed by atoms with E-state index in [4.69, 9.17) is 4.84 Å². The van der Waals surface area contributed by atoms with E-state index in [1.807, 2.05) is 30.3 Å². The van der Waals surface area contributed by atoms with Crippen LogP contribution >= 0.6 is 0 Å². The van der Waals surface area contributed by atoms with Gasteiger partial charge >= 0.3 is 6.18 Å². The Labute approximate surface area is 138 Å². The molecule has 132 valence electrons. The number of piperidine rings is 1. The van der Waals surface area contributed by atoms with Crippen molar-refractivity contribution in [2.24, 2.45) is 0 Å². The van der Waals surface area contributed by atoms with Crippen molar-refractivity contribution >= 4 is 5.91 Å². The fourth-order valence-corrected chi connectivity index (χ4v) is 3.40. The molecule has 1 unspecified atom stereocenters. The normalized spacial score (nSPS) is 23.6. The quantitative estimate of drug-likeness (QED) is 0.916. The Morgan fingerprint density at radius 2 is 1.92 bits per heavy atom. The van der Waals surface area contributed by atoms with Crippen LogP contribution in [0, 0.1) is 0 Å². The first kappa shape index (κ1) is 17.2. The zero-order chi connectivity index (χ0) is 17.2. The van der Waals surface area contributed by atoms with Gasteiger partial charge in [-0.15, -0.1) is 0 Å². The van der Waals surface area contributed by atoms with Crippen molar-refractivity contribution in [3.63, 3.8) is 0 Å². The van der Waals surface area contributed by atoms with E-state index in [0.29, 0.717) is 25.9 Å². The first-order valence-corrected chi connectivity index (χ1v) is 8.20.